The number of halogens is 1. The molecule has 0 saturated heterocycles. The van der Waals surface area contributed by atoms with Crippen LogP contribution in [0.15, 0.2) is 58.6 Å². The van der Waals surface area contributed by atoms with Crippen molar-refractivity contribution in [2.24, 2.45) is 4.99 Å². The van der Waals surface area contributed by atoms with Crippen molar-refractivity contribution < 1.29 is 14.3 Å². The van der Waals surface area contributed by atoms with Gasteiger partial charge in [-0.05, 0) is 54.3 Å². The molecule has 40 heavy (non-hydrogen) atoms. The van der Waals surface area contributed by atoms with Gasteiger partial charge in [0.25, 0.3) is 0 Å². The average Bonchev–Trinajstić information content (AvgIpc) is 3.56. The van der Waals surface area contributed by atoms with E-state index in [4.69, 9.17) is 9.98 Å². The molecule has 0 atom stereocenters. The molecular formula is C27H24FN9O3. The fraction of sp³-hybridized carbons (Fsp3) is 0.185. The number of nitrogens with zero attached hydrogens (tertiary/aromatic N) is 5. The zero-order chi connectivity index (χ0) is 27.8. The van der Waals surface area contributed by atoms with E-state index in [9.17, 15) is 19.1 Å². The summed E-state index contributed by atoms with van der Waals surface area (Å²) < 4.78 is 15.9. The molecule has 4 aromatic heterocycles. The lowest BCUT2D eigenvalue weighted by Crippen LogP contribution is -2.20. The van der Waals surface area contributed by atoms with Crippen molar-refractivity contribution in [3.05, 3.63) is 87.1 Å². The maximum Gasteiger partial charge on any atom is 0.326 e. The number of imidazole rings is 1. The third-order valence-corrected chi connectivity index (χ3v) is 6.29. The Balaban J connectivity index is 1.36. The molecule has 202 valence electrons. The van der Waals surface area contributed by atoms with E-state index in [1.807, 2.05) is 0 Å². The number of rotatable bonds is 7. The SMILES string of the molecule is CC(=O)Nc1ccc(-c2cc(F)ccc2CNc2cc(=NC3CC3)n3ncc(=Cc4[nH]c(=O)[nH]c4O)c3n2)cn1. The van der Waals surface area contributed by atoms with E-state index < -0.39 is 5.69 Å². The summed E-state index contributed by atoms with van der Waals surface area (Å²) in [5.41, 5.74) is 2.88. The van der Waals surface area contributed by atoms with Crippen LogP contribution in [-0.2, 0) is 11.3 Å². The van der Waals surface area contributed by atoms with Gasteiger partial charge in [-0.3, -0.25) is 14.8 Å². The summed E-state index contributed by atoms with van der Waals surface area (Å²) in [6.07, 6.45) is 6.73. The van der Waals surface area contributed by atoms with Gasteiger partial charge in [0.1, 0.15) is 23.1 Å². The van der Waals surface area contributed by atoms with Crippen molar-refractivity contribution >= 4 is 29.3 Å². The van der Waals surface area contributed by atoms with Gasteiger partial charge in [0, 0.05) is 36.5 Å². The lowest BCUT2D eigenvalue weighted by Gasteiger charge is -2.12. The van der Waals surface area contributed by atoms with Crippen molar-refractivity contribution in [3.8, 4) is 17.0 Å². The van der Waals surface area contributed by atoms with Crippen LogP contribution in [0.1, 0.15) is 31.0 Å². The molecule has 1 aromatic carbocycles. The second kappa shape index (κ2) is 10.1. The third-order valence-electron chi connectivity index (χ3n) is 6.29. The number of anilines is 2. The highest BCUT2D eigenvalue weighted by molar-refractivity contribution is 5.87. The summed E-state index contributed by atoms with van der Waals surface area (Å²) in [7, 11) is 0. The second-order valence-electron chi connectivity index (χ2n) is 9.45. The fourth-order valence-electron chi connectivity index (χ4n) is 4.25. The summed E-state index contributed by atoms with van der Waals surface area (Å²) in [6.45, 7) is 1.71. The quantitative estimate of drug-likeness (QED) is 0.210. The Labute approximate surface area is 225 Å². The molecule has 1 aliphatic rings. The monoisotopic (exact) mass is 541 g/mol. The first kappa shape index (κ1) is 25.0. The topological polar surface area (TPSA) is 165 Å². The maximum absolute atomic E-state index is 14.2. The Kier molecular flexibility index (Phi) is 6.30. The molecule has 1 aliphatic carbocycles. The number of amides is 1. The number of fused-ring (bicyclic) bond motifs is 1. The van der Waals surface area contributed by atoms with E-state index in [1.165, 1.54) is 19.1 Å². The van der Waals surface area contributed by atoms with Crippen molar-refractivity contribution in [2.45, 2.75) is 32.4 Å². The van der Waals surface area contributed by atoms with Crippen LogP contribution in [0.25, 0.3) is 22.9 Å². The lowest BCUT2D eigenvalue weighted by molar-refractivity contribution is -0.114. The van der Waals surface area contributed by atoms with Crippen molar-refractivity contribution in [1.29, 1.82) is 0 Å². The molecule has 1 amide bonds. The van der Waals surface area contributed by atoms with Gasteiger partial charge in [-0.15, -0.1) is 0 Å². The molecule has 5 N–H and O–H groups in total. The predicted molar refractivity (Wildman–Crippen MR) is 145 cm³/mol. The van der Waals surface area contributed by atoms with Crippen LogP contribution in [0.3, 0.4) is 0 Å². The number of benzene rings is 1. The Morgan fingerprint density at radius 2 is 2.05 bits per heavy atom. The summed E-state index contributed by atoms with van der Waals surface area (Å²) in [4.78, 5) is 41.4. The number of hydrogen-bond acceptors (Lipinski definition) is 8. The summed E-state index contributed by atoms with van der Waals surface area (Å²) in [5, 5.41) is 20.9. The molecule has 5 aromatic rings. The third kappa shape index (κ3) is 5.29. The van der Waals surface area contributed by atoms with Gasteiger partial charge in [-0.1, -0.05) is 6.07 Å². The van der Waals surface area contributed by atoms with E-state index in [1.54, 1.807) is 47.3 Å². The average molecular weight is 542 g/mol. The van der Waals surface area contributed by atoms with E-state index >= 15 is 0 Å². The second-order valence-corrected chi connectivity index (χ2v) is 9.45. The standard InChI is InChI=1S/C27H24FN9O3/c1-14(38)32-22-7-3-16(11-29-22)20-9-18(28)4-2-15(20)12-30-23-10-24(33-19-5-6-19)37-25(35-23)17(13-31-37)8-21-26(39)36-27(40)34-21/h2-4,7-11,13,19,30,39H,5-6,12H2,1H3,(H,29,32,38)(H2,34,36,40). The first-order valence-electron chi connectivity index (χ1n) is 12.5. The molecule has 13 heteroatoms. The molecule has 0 bridgehead atoms. The van der Waals surface area contributed by atoms with Crippen LogP contribution in [0.5, 0.6) is 5.88 Å². The molecule has 0 aliphatic heterocycles. The number of H-pyrrole nitrogens is 2. The smallest absolute Gasteiger partial charge is 0.326 e. The van der Waals surface area contributed by atoms with Gasteiger partial charge in [-0.25, -0.2) is 19.2 Å². The Hall–Kier alpha value is -5.33. The zero-order valence-corrected chi connectivity index (χ0v) is 21.3. The Morgan fingerprint density at radius 3 is 2.75 bits per heavy atom. The number of nitrogens with one attached hydrogen (secondary N) is 4. The Bertz CT molecular complexity index is 1920. The largest absolute Gasteiger partial charge is 0.493 e. The predicted octanol–water partition coefficient (Wildman–Crippen LogP) is 1.83. The summed E-state index contributed by atoms with van der Waals surface area (Å²) in [6, 6.07) is 9.96. The summed E-state index contributed by atoms with van der Waals surface area (Å²) >= 11 is 0. The molecule has 4 heterocycles. The molecular weight excluding hydrogens is 517 g/mol. The molecule has 1 saturated carbocycles. The summed E-state index contributed by atoms with van der Waals surface area (Å²) in [5.74, 6) is 0.0148. The molecule has 12 nitrogen and oxygen atoms in total. The van der Waals surface area contributed by atoms with Gasteiger partial charge in [-0.2, -0.15) is 9.61 Å². The van der Waals surface area contributed by atoms with Crippen molar-refractivity contribution in [3.63, 3.8) is 0 Å². The first-order valence-corrected chi connectivity index (χ1v) is 12.5. The molecule has 1 fully saturated rings. The number of hydrogen-bond donors (Lipinski definition) is 5. The molecule has 0 unspecified atom stereocenters. The molecule has 6 rings (SSSR count). The van der Waals surface area contributed by atoms with Gasteiger partial charge < -0.3 is 20.7 Å². The highest BCUT2D eigenvalue weighted by atomic mass is 19.1. The van der Waals surface area contributed by atoms with E-state index in [0.717, 1.165) is 18.4 Å². The van der Waals surface area contributed by atoms with Crippen molar-refractivity contribution in [1.82, 2.24) is 29.5 Å². The maximum atomic E-state index is 14.2. The lowest BCUT2D eigenvalue weighted by atomic mass is 10.0. The Morgan fingerprint density at radius 1 is 1.20 bits per heavy atom. The number of pyridine rings is 1. The van der Waals surface area contributed by atoms with Crippen LogP contribution in [0, 0.1) is 5.82 Å². The highest BCUT2D eigenvalue weighted by Crippen LogP contribution is 2.26. The van der Waals surface area contributed by atoms with E-state index in [2.05, 4.69) is 30.7 Å². The van der Waals surface area contributed by atoms with Crippen LogP contribution in [0.2, 0.25) is 0 Å². The van der Waals surface area contributed by atoms with Crippen molar-refractivity contribution in [2.75, 3.05) is 10.6 Å². The van der Waals surface area contributed by atoms with Crippen LogP contribution in [0.4, 0.5) is 16.0 Å². The number of carbonyl (C=O) groups is 1. The number of aromatic hydroxyl groups is 1. The van der Waals surface area contributed by atoms with Crippen LogP contribution >= 0.6 is 0 Å². The van der Waals surface area contributed by atoms with Crippen LogP contribution in [-0.4, -0.2) is 46.6 Å². The van der Waals surface area contributed by atoms with E-state index in [0.29, 0.717) is 45.7 Å². The first-order chi connectivity index (χ1) is 19.3. The number of aromatic nitrogens is 6. The van der Waals surface area contributed by atoms with E-state index in [-0.39, 0.29) is 29.3 Å². The minimum Gasteiger partial charge on any atom is -0.493 e. The number of carbonyl (C=O) groups excluding carboxylic acids is 1. The van der Waals surface area contributed by atoms with Gasteiger partial charge in [0.15, 0.2) is 11.1 Å². The zero-order valence-electron chi connectivity index (χ0n) is 21.3. The van der Waals surface area contributed by atoms with Gasteiger partial charge >= 0.3 is 5.69 Å². The van der Waals surface area contributed by atoms with Crippen LogP contribution < -0.4 is 27.0 Å². The minimum absolute atomic E-state index is 0.204. The number of aromatic amines is 2. The fourth-order valence-corrected chi connectivity index (χ4v) is 4.25. The minimum atomic E-state index is -0.532. The highest BCUT2D eigenvalue weighted by Gasteiger charge is 2.20. The van der Waals surface area contributed by atoms with Gasteiger partial charge in [0.05, 0.1) is 12.2 Å². The van der Waals surface area contributed by atoms with Gasteiger partial charge in [0.2, 0.25) is 11.8 Å². The molecule has 0 radical (unpaired) electrons. The normalized spacial score (nSPS) is 14.2. The molecule has 0 spiro atoms.